The van der Waals surface area contributed by atoms with Crippen LogP contribution in [0.4, 0.5) is 0 Å². The van der Waals surface area contributed by atoms with Crippen LogP contribution >= 0.6 is 0 Å². The number of rotatable bonds is 4. The largest absolute Gasteiger partial charge is 0.490 e. The molecule has 0 aromatic heterocycles. The molecule has 4 heteroatoms. The number of hydrogen-bond donors (Lipinski definition) is 0. The number of benzene rings is 1. The molecule has 0 aliphatic rings. The fourth-order valence-electron chi connectivity index (χ4n) is 1.27. The molecule has 0 aliphatic carbocycles. The van der Waals surface area contributed by atoms with Gasteiger partial charge in [-0.05, 0) is 39.8 Å². The molecule has 0 spiro atoms. The van der Waals surface area contributed by atoms with E-state index in [1.165, 1.54) is 0 Å². The van der Waals surface area contributed by atoms with Crippen LogP contribution in [-0.2, 0) is 21.8 Å². The molecule has 0 N–H and O–H groups in total. The van der Waals surface area contributed by atoms with Gasteiger partial charge in [-0.15, -0.1) is 0 Å². The number of ether oxygens (including phenoxy) is 2. The van der Waals surface area contributed by atoms with Crippen LogP contribution in [0.25, 0.3) is 0 Å². The van der Waals surface area contributed by atoms with E-state index >= 15 is 0 Å². The molecule has 1 rings (SSSR count). The maximum Gasteiger partial charge on any atom is 0.342 e. The van der Waals surface area contributed by atoms with Gasteiger partial charge < -0.3 is 9.47 Å². The quantitative estimate of drug-likeness (QED) is 0.630. The molecule has 0 saturated carbocycles. The van der Waals surface area contributed by atoms with Crippen molar-refractivity contribution in [2.75, 3.05) is 0 Å². The average molecular weight is 286 g/mol. The molecule has 1 aromatic rings. The molecule has 99 valence electrons. The molecule has 0 amide bonds. The fourth-order valence-corrected chi connectivity index (χ4v) is 1.27. The summed E-state index contributed by atoms with van der Waals surface area (Å²) < 4.78 is 10.7. The van der Waals surface area contributed by atoms with Crippen LogP contribution in [0.3, 0.4) is 0 Å². The summed E-state index contributed by atoms with van der Waals surface area (Å²) in [4.78, 5) is 11.8. The Labute approximate surface area is 113 Å². The molecule has 0 aliphatic heterocycles. The van der Waals surface area contributed by atoms with Crippen molar-refractivity contribution in [3.05, 3.63) is 29.8 Å². The Bertz CT molecular complexity index is 361. The van der Waals surface area contributed by atoms with Gasteiger partial charge in [0.2, 0.25) is 0 Å². The summed E-state index contributed by atoms with van der Waals surface area (Å²) in [7, 11) is 0. The van der Waals surface area contributed by atoms with E-state index in [-0.39, 0.29) is 35.2 Å². The van der Waals surface area contributed by atoms with Crippen molar-refractivity contribution in [1.82, 2.24) is 0 Å². The number of para-hydroxylation sites is 1. The molecule has 0 bridgehead atoms. The zero-order valence-electron chi connectivity index (χ0n) is 10.5. The van der Waals surface area contributed by atoms with Crippen molar-refractivity contribution < 1.29 is 31.3 Å². The van der Waals surface area contributed by atoms with Gasteiger partial charge in [0.15, 0.2) is 0 Å². The van der Waals surface area contributed by atoms with Crippen LogP contribution < -0.4 is 4.74 Å². The molecule has 0 fully saturated rings. The number of esters is 1. The van der Waals surface area contributed by atoms with Crippen LogP contribution in [0, 0.1) is 0 Å². The van der Waals surface area contributed by atoms with Gasteiger partial charge in [0.05, 0.1) is 12.2 Å². The first-order chi connectivity index (χ1) is 7.50. The van der Waals surface area contributed by atoms with Crippen LogP contribution in [0.1, 0.15) is 38.1 Å². The zero-order valence-corrected chi connectivity index (χ0v) is 11.4. The summed E-state index contributed by atoms with van der Waals surface area (Å²) in [5.41, 5.74) is 0.477. The van der Waals surface area contributed by atoms with Crippen molar-refractivity contribution in [3.8, 4) is 5.75 Å². The van der Waals surface area contributed by atoms with Gasteiger partial charge in [-0.1, -0.05) is 12.1 Å². The van der Waals surface area contributed by atoms with Crippen LogP contribution in [0.5, 0.6) is 5.75 Å². The first-order valence-electron chi connectivity index (χ1n) is 5.47. The normalized spacial score (nSPS) is 10.0. The first-order valence-corrected chi connectivity index (χ1v) is 5.47. The summed E-state index contributed by atoms with van der Waals surface area (Å²) in [5.74, 6) is 0.231. The van der Waals surface area contributed by atoms with Gasteiger partial charge in [-0.3, -0.25) is 0 Å². The zero-order chi connectivity index (χ0) is 12.1. The van der Waals surface area contributed by atoms with Crippen molar-refractivity contribution in [2.45, 2.75) is 39.9 Å². The topological polar surface area (TPSA) is 35.5 Å². The van der Waals surface area contributed by atoms with E-state index in [0.29, 0.717) is 11.3 Å². The summed E-state index contributed by atoms with van der Waals surface area (Å²) >= 11 is 0. The third kappa shape index (κ3) is 5.24. The molecule has 17 heavy (non-hydrogen) atoms. The van der Waals surface area contributed by atoms with Crippen molar-refractivity contribution >= 4 is 5.97 Å². The minimum absolute atomic E-state index is 0. The Morgan fingerprint density at radius 3 is 2.18 bits per heavy atom. The van der Waals surface area contributed by atoms with E-state index in [1.54, 1.807) is 18.2 Å². The third-order valence-electron chi connectivity index (χ3n) is 1.81. The van der Waals surface area contributed by atoms with E-state index in [0.717, 1.165) is 0 Å². The molecule has 1 aromatic carbocycles. The molecule has 0 atom stereocenters. The number of hydrogen-bond acceptors (Lipinski definition) is 3. The molecule has 0 unspecified atom stereocenters. The third-order valence-corrected chi connectivity index (χ3v) is 1.81. The summed E-state index contributed by atoms with van der Waals surface area (Å²) in [6, 6.07) is 7.12. The molecule has 1 radical (unpaired) electrons. The van der Waals surface area contributed by atoms with Crippen LogP contribution in [0.2, 0.25) is 0 Å². The van der Waals surface area contributed by atoms with E-state index in [4.69, 9.17) is 9.47 Å². The Morgan fingerprint density at radius 1 is 1.06 bits per heavy atom. The van der Waals surface area contributed by atoms with E-state index < -0.39 is 0 Å². The molecule has 3 nitrogen and oxygen atoms in total. The summed E-state index contributed by atoms with van der Waals surface area (Å²) in [5, 5.41) is 0. The Morgan fingerprint density at radius 2 is 1.65 bits per heavy atom. The SMILES string of the molecule is CC(C)OC(=O)c1ccccc1OC(C)C.[Cu]. The van der Waals surface area contributed by atoms with Crippen molar-refractivity contribution in [3.63, 3.8) is 0 Å². The standard InChI is InChI=1S/C13H18O3.Cu/c1-9(2)15-12-8-6-5-7-11(12)13(14)16-10(3)4;/h5-10H,1-4H3;. The molecular formula is C13H18CuO3. The Balaban J connectivity index is 0.00000256. The first kappa shape index (κ1) is 16.0. The Hall–Kier alpha value is -0.991. The fraction of sp³-hybridized carbons (Fsp3) is 0.462. The van der Waals surface area contributed by atoms with Gasteiger partial charge >= 0.3 is 5.97 Å². The van der Waals surface area contributed by atoms with Gasteiger partial charge in [-0.2, -0.15) is 0 Å². The number of carbonyl (C=O) groups is 1. The summed E-state index contributed by atoms with van der Waals surface area (Å²) in [6.07, 6.45) is -0.0902. The van der Waals surface area contributed by atoms with E-state index in [9.17, 15) is 4.79 Å². The predicted octanol–water partition coefficient (Wildman–Crippen LogP) is 3.04. The van der Waals surface area contributed by atoms with Gasteiger partial charge in [0.25, 0.3) is 0 Å². The van der Waals surface area contributed by atoms with E-state index in [2.05, 4.69) is 0 Å². The van der Waals surface area contributed by atoms with Crippen molar-refractivity contribution in [1.29, 1.82) is 0 Å². The Kier molecular flexibility index (Phi) is 6.93. The second kappa shape index (κ2) is 7.36. The predicted molar refractivity (Wildman–Crippen MR) is 62.8 cm³/mol. The van der Waals surface area contributed by atoms with Crippen LogP contribution in [0.15, 0.2) is 24.3 Å². The van der Waals surface area contributed by atoms with Gasteiger partial charge in [0.1, 0.15) is 11.3 Å². The minimum Gasteiger partial charge on any atom is -0.490 e. The van der Waals surface area contributed by atoms with Gasteiger partial charge in [0, 0.05) is 17.1 Å². The molecule has 0 saturated heterocycles. The van der Waals surface area contributed by atoms with Crippen molar-refractivity contribution in [2.24, 2.45) is 0 Å². The maximum absolute atomic E-state index is 11.8. The second-order valence-corrected chi connectivity index (χ2v) is 4.12. The molecular weight excluding hydrogens is 268 g/mol. The summed E-state index contributed by atoms with van der Waals surface area (Å²) in [6.45, 7) is 7.49. The molecule has 0 heterocycles. The van der Waals surface area contributed by atoms with Crippen LogP contribution in [-0.4, -0.2) is 18.2 Å². The second-order valence-electron chi connectivity index (χ2n) is 4.12. The average Bonchev–Trinajstić information content (AvgIpc) is 2.16. The van der Waals surface area contributed by atoms with E-state index in [1.807, 2.05) is 33.8 Å². The smallest absolute Gasteiger partial charge is 0.342 e. The van der Waals surface area contributed by atoms with Gasteiger partial charge in [-0.25, -0.2) is 4.79 Å². The monoisotopic (exact) mass is 285 g/mol. The number of carbonyl (C=O) groups excluding carboxylic acids is 1. The maximum atomic E-state index is 11.8. The minimum atomic E-state index is -0.341.